The highest BCUT2D eigenvalue weighted by atomic mass is 16.1. The van der Waals surface area contributed by atoms with E-state index in [-0.39, 0.29) is 18.5 Å². The van der Waals surface area contributed by atoms with E-state index in [0.29, 0.717) is 12.5 Å². The van der Waals surface area contributed by atoms with Crippen molar-refractivity contribution in [2.75, 3.05) is 26.7 Å². The molecule has 0 aromatic rings. The lowest BCUT2D eigenvalue weighted by atomic mass is 10.0. The number of nitrogens with two attached hydrogens (primary N) is 1. The average molecular weight is 225 g/mol. The van der Waals surface area contributed by atoms with E-state index in [1.54, 1.807) is 0 Å². The fourth-order valence-corrected chi connectivity index (χ4v) is 1.23. The third-order valence-corrected chi connectivity index (χ3v) is 2.50. The lowest BCUT2D eigenvalue weighted by molar-refractivity contribution is -0.121. The van der Waals surface area contributed by atoms with E-state index in [1.165, 1.54) is 0 Å². The van der Waals surface area contributed by atoms with Crippen LogP contribution in [0.4, 0.5) is 0 Å². The second kappa shape index (κ2) is 8.14. The van der Waals surface area contributed by atoms with Crippen molar-refractivity contribution in [3.8, 4) is 12.3 Å². The van der Waals surface area contributed by atoms with E-state index < -0.39 is 0 Å². The van der Waals surface area contributed by atoms with Gasteiger partial charge in [0.1, 0.15) is 0 Å². The number of nitrogens with one attached hydrogen (secondary N) is 1. The molecule has 0 heterocycles. The van der Waals surface area contributed by atoms with E-state index >= 15 is 0 Å². The zero-order chi connectivity index (χ0) is 12.6. The molecule has 92 valence electrons. The van der Waals surface area contributed by atoms with Crippen LogP contribution < -0.4 is 11.1 Å². The standard InChI is InChI=1S/C12H23N3O/c1-5-7-14-12(16)9-15(4)8-6-11(13)10(2)3/h1,10-11H,6-9,13H2,2-4H3,(H,14,16). The Morgan fingerprint density at radius 2 is 2.19 bits per heavy atom. The van der Waals surface area contributed by atoms with Crippen LogP contribution >= 0.6 is 0 Å². The van der Waals surface area contributed by atoms with Crippen LogP contribution in [0, 0.1) is 18.3 Å². The van der Waals surface area contributed by atoms with Gasteiger partial charge in [0, 0.05) is 6.04 Å². The molecule has 0 spiro atoms. The van der Waals surface area contributed by atoms with Gasteiger partial charge in [0.2, 0.25) is 5.91 Å². The number of likely N-dealkylation sites (N-methyl/N-ethyl adjacent to an activating group) is 1. The van der Waals surface area contributed by atoms with E-state index in [0.717, 1.165) is 13.0 Å². The molecule has 0 aromatic heterocycles. The highest BCUT2D eigenvalue weighted by Gasteiger charge is 2.10. The summed E-state index contributed by atoms with van der Waals surface area (Å²) in [6.07, 6.45) is 5.94. The van der Waals surface area contributed by atoms with Crippen molar-refractivity contribution in [3.05, 3.63) is 0 Å². The van der Waals surface area contributed by atoms with E-state index in [4.69, 9.17) is 12.2 Å². The number of amides is 1. The van der Waals surface area contributed by atoms with Crippen molar-refractivity contribution >= 4 is 5.91 Å². The summed E-state index contributed by atoms with van der Waals surface area (Å²) in [6, 6.07) is 0.191. The summed E-state index contributed by atoms with van der Waals surface area (Å²) in [7, 11) is 1.91. The Bertz CT molecular complexity index is 245. The normalized spacial score (nSPS) is 12.6. The zero-order valence-electron chi connectivity index (χ0n) is 10.5. The highest BCUT2D eigenvalue weighted by molar-refractivity contribution is 5.78. The molecule has 0 aromatic carbocycles. The SMILES string of the molecule is C#CCNC(=O)CN(C)CCC(N)C(C)C. The maximum Gasteiger partial charge on any atom is 0.234 e. The van der Waals surface area contributed by atoms with Crippen molar-refractivity contribution in [2.24, 2.45) is 11.7 Å². The molecule has 0 aliphatic carbocycles. The van der Waals surface area contributed by atoms with Crippen LogP contribution in [0.2, 0.25) is 0 Å². The van der Waals surface area contributed by atoms with E-state index in [9.17, 15) is 4.79 Å². The van der Waals surface area contributed by atoms with Crippen LogP contribution in [0.5, 0.6) is 0 Å². The maximum absolute atomic E-state index is 11.3. The molecule has 4 nitrogen and oxygen atoms in total. The first kappa shape index (κ1) is 14.9. The highest BCUT2D eigenvalue weighted by Crippen LogP contribution is 2.03. The molecule has 4 heteroatoms. The summed E-state index contributed by atoms with van der Waals surface area (Å²) in [5, 5.41) is 2.63. The van der Waals surface area contributed by atoms with Crippen molar-refractivity contribution in [1.82, 2.24) is 10.2 Å². The average Bonchev–Trinajstić information content (AvgIpc) is 2.22. The van der Waals surface area contributed by atoms with Gasteiger partial charge >= 0.3 is 0 Å². The summed E-state index contributed by atoms with van der Waals surface area (Å²) in [5.41, 5.74) is 5.92. The van der Waals surface area contributed by atoms with Crippen molar-refractivity contribution in [1.29, 1.82) is 0 Å². The number of hydrogen-bond donors (Lipinski definition) is 2. The van der Waals surface area contributed by atoms with Gasteiger partial charge in [0.15, 0.2) is 0 Å². The first-order valence-corrected chi connectivity index (χ1v) is 5.61. The number of terminal acetylenes is 1. The van der Waals surface area contributed by atoms with Gasteiger partial charge in [-0.3, -0.25) is 9.69 Å². The molecule has 1 unspecified atom stereocenters. The van der Waals surface area contributed by atoms with Gasteiger partial charge in [-0.2, -0.15) is 0 Å². The van der Waals surface area contributed by atoms with Crippen LogP contribution in [-0.2, 0) is 4.79 Å². The fraction of sp³-hybridized carbons (Fsp3) is 0.750. The Hall–Kier alpha value is -1.05. The van der Waals surface area contributed by atoms with Gasteiger partial charge in [-0.25, -0.2) is 0 Å². The van der Waals surface area contributed by atoms with Crippen LogP contribution in [0.25, 0.3) is 0 Å². The van der Waals surface area contributed by atoms with Crippen LogP contribution in [0.1, 0.15) is 20.3 Å². The number of nitrogens with zero attached hydrogens (tertiary/aromatic N) is 1. The van der Waals surface area contributed by atoms with Crippen molar-refractivity contribution in [3.63, 3.8) is 0 Å². The summed E-state index contributed by atoms with van der Waals surface area (Å²) in [5.74, 6) is 2.80. The molecule has 3 N–H and O–H groups in total. The van der Waals surface area contributed by atoms with Crippen LogP contribution in [0.3, 0.4) is 0 Å². The second-order valence-electron chi connectivity index (χ2n) is 4.42. The Balaban J connectivity index is 3.70. The summed E-state index contributed by atoms with van der Waals surface area (Å²) >= 11 is 0. The third kappa shape index (κ3) is 7.27. The lowest BCUT2D eigenvalue weighted by Gasteiger charge is -2.20. The predicted molar refractivity (Wildman–Crippen MR) is 66.8 cm³/mol. The first-order chi connectivity index (χ1) is 7.47. The minimum atomic E-state index is -0.0430. The molecular formula is C12H23N3O. The predicted octanol–water partition coefficient (Wildman–Crippen LogP) is 0.0410. The Kier molecular flexibility index (Phi) is 7.61. The molecular weight excluding hydrogens is 202 g/mol. The Morgan fingerprint density at radius 3 is 2.69 bits per heavy atom. The van der Waals surface area contributed by atoms with Crippen LogP contribution in [0.15, 0.2) is 0 Å². The van der Waals surface area contributed by atoms with E-state index in [2.05, 4.69) is 25.1 Å². The van der Waals surface area contributed by atoms with Crippen molar-refractivity contribution in [2.45, 2.75) is 26.3 Å². The molecule has 0 saturated heterocycles. The van der Waals surface area contributed by atoms with Gasteiger partial charge in [0.05, 0.1) is 13.1 Å². The molecule has 0 bridgehead atoms. The Morgan fingerprint density at radius 1 is 1.56 bits per heavy atom. The number of rotatable bonds is 7. The lowest BCUT2D eigenvalue weighted by Crippen LogP contribution is -2.38. The first-order valence-electron chi connectivity index (χ1n) is 5.61. The second-order valence-corrected chi connectivity index (χ2v) is 4.42. The quantitative estimate of drug-likeness (QED) is 0.602. The monoisotopic (exact) mass is 225 g/mol. The summed E-state index contributed by atoms with van der Waals surface area (Å²) in [6.45, 7) is 5.68. The molecule has 1 amide bonds. The molecule has 16 heavy (non-hydrogen) atoms. The number of hydrogen-bond acceptors (Lipinski definition) is 3. The molecule has 0 saturated carbocycles. The van der Waals surface area contributed by atoms with Gasteiger partial charge in [-0.05, 0) is 25.9 Å². The molecule has 0 rings (SSSR count). The maximum atomic E-state index is 11.3. The molecule has 1 atom stereocenters. The summed E-state index contributed by atoms with van der Waals surface area (Å²) < 4.78 is 0. The molecule has 0 fully saturated rings. The number of carbonyl (C=O) groups is 1. The van der Waals surface area contributed by atoms with E-state index in [1.807, 2.05) is 11.9 Å². The third-order valence-electron chi connectivity index (χ3n) is 2.50. The van der Waals surface area contributed by atoms with Gasteiger partial charge < -0.3 is 11.1 Å². The van der Waals surface area contributed by atoms with Gasteiger partial charge in [-0.15, -0.1) is 6.42 Å². The topological polar surface area (TPSA) is 58.4 Å². The Labute approximate surface area is 98.6 Å². The molecule has 0 aliphatic heterocycles. The minimum absolute atomic E-state index is 0.0430. The molecule has 0 aliphatic rings. The van der Waals surface area contributed by atoms with Crippen molar-refractivity contribution < 1.29 is 4.79 Å². The summed E-state index contributed by atoms with van der Waals surface area (Å²) in [4.78, 5) is 13.3. The smallest absolute Gasteiger partial charge is 0.234 e. The molecule has 0 radical (unpaired) electrons. The van der Waals surface area contributed by atoms with Gasteiger partial charge in [-0.1, -0.05) is 19.8 Å². The van der Waals surface area contributed by atoms with Gasteiger partial charge in [0.25, 0.3) is 0 Å². The number of carbonyl (C=O) groups excluding carboxylic acids is 1. The minimum Gasteiger partial charge on any atom is -0.344 e. The fourth-order valence-electron chi connectivity index (χ4n) is 1.23. The largest absolute Gasteiger partial charge is 0.344 e. The van der Waals surface area contributed by atoms with Crippen LogP contribution in [-0.4, -0.2) is 43.5 Å². The zero-order valence-corrected chi connectivity index (χ0v) is 10.5.